The first-order valence-electron chi connectivity index (χ1n) is 4.89. The molecule has 0 N–H and O–H groups in total. The van der Waals surface area contributed by atoms with Crippen molar-refractivity contribution in [2.75, 3.05) is 0 Å². The summed E-state index contributed by atoms with van der Waals surface area (Å²) in [5.74, 6) is 0.458. The summed E-state index contributed by atoms with van der Waals surface area (Å²) in [4.78, 5) is 16.0. The molecule has 1 heterocycles. The molecule has 0 bridgehead atoms. The highest BCUT2D eigenvalue weighted by Gasteiger charge is 2.14. The maximum Gasteiger partial charge on any atom is 0.171 e. The number of nitrogens with zero attached hydrogens (tertiary/aromatic N) is 3. The Morgan fingerprint density at radius 2 is 2.18 bits per heavy atom. The summed E-state index contributed by atoms with van der Waals surface area (Å²) in [5.41, 5.74) is 0.405. The molecule has 6 heteroatoms. The van der Waals surface area contributed by atoms with E-state index in [-0.39, 0.29) is 12.2 Å². The van der Waals surface area contributed by atoms with E-state index in [1.165, 1.54) is 6.33 Å². The Balaban J connectivity index is 2.26. The van der Waals surface area contributed by atoms with Crippen molar-refractivity contribution >= 4 is 29.0 Å². The van der Waals surface area contributed by atoms with Gasteiger partial charge < -0.3 is 0 Å². The van der Waals surface area contributed by atoms with E-state index < -0.39 is 0 Å². The van der Waals surface area contributed by atoms with E-state index in [0.29, 0.717) is 21.4 Å². The number of rotatable bonds is 3. The van der Waals surface area contributed by atoms with Gasteiger partial charge in [-0.1, -0.05) is 23.2 Å². The predicted octanol–water partition coefficient (Wildman–Crippen LogP) is 2.55. The molecule has 17 heavy (non-hydrogen) atoms. The molecule has 0 unspecified atom stereocenters. The minimum Gasteiger partial charge on any atom is -0.294 e. The van der Waals surface area contributed by atoms with Crippen LogP contribution >= 0.6 is 23.2 Å². The number of Topliss-reactive ketones (excluding diaryl/α,β-unsaturated/α-hetero) is 1. The first-order valence-corrected chi connectivity index (χ1v) is 5.64. The van der Waals surface area contributed by atoms with Crippen LogP contribution in [0.15, 0.2) is 24.5 Å². The standard InChI is InChI=1S/C11H9Cl2N3O/c1-16-11(14-6-15-16)5-10(17)8-4-7(12)2-3-9(8)13/h2-4,6H,5H2,1H3. The topological polar surface area (TPSA) is 47.8 Å². The van der Waals surface area contributed by atoms with Gasteiger partial charge in [-0.15, -0.1) is 0 Å². The average molecular weight is 270 g/mol. The van der Waals surface area contributed by atoms with Crippen LogP contribution in [0.3, 0.4) is 0 Å². The fourth-order valence-corrected chi connectivity index (χ4v) is 1.83. The third kappa shape index (κ3) is 2.65. The van der Waals surface area contributed by atoms with Crippen molar-refractivity contribution in [3.63, 3.8) is 0 Å². The summed E-state index contributed by atoms with van der Waals surface area (Å²) >= 11 is 11.8. The third-order valence-corrected chi connectivity index (χ3v) is 2.92. The lowest BCUT2D eigenvalue weighted by Crippen LogP contribution is -2.09. The second-order valence-electron chi connectivity index (χ2n) is 3.52. The van der Waals surface area contributed by atoms with Gasteiger partial charge in [0.05, 0.1) is 11.4 Å². The van der Waals surface area contributed by atoms with E-state index in [9.17, 15) is 4.79 Å². The molecule has 0 saturated heterocycles. The average Bonchev–Trinajstić information content (AvgIpc) is 2.68. The molecular weight excluding hydrogens is 261 g/mol. The summed E-state index contributed by atoms with van der Waals surface area (Å²) in [5, 5.41) is 4.77. The quantitative estimate of drug-likeness (QED) is 0.805. The van der Waals surface area contributed by atoms with Crippen LogP contribution in [0.25, 0.3) is 0 Å². The Hall–Kier alpha value is -1.39. The highest BCUT2D eigenvalue weighted by molar-refractivity contribution is 6.35. The second-order valence-corrected chi connectivity index (χ2v) is 4.37. The SMILES string of the molecule is Cn1ncnc1CC(=O)c1cc(Cl)ccc1Cl. The maximum atomic E-state index is 12.0. The van der Waals surface area contributed by atoms with Gasteiger partial charge in [0.1, 0.15) is 12.2 Å². The number of carbonyl (C=O) groups is 1. The summed E-state index contributed by atoms with van der Waals surface area (Å²) in [7, 11) is 1.73. The molecular formula is C11H9Cl2N3O. The smallest absolute Gasteiger partial charge is 0.171 e. The first-order chi connectivity index (χ1) is 8.08. The van der Waals surface area contributed by atoms with Crippen LogP contribution in [-0.4, -0.2) is 20.5 Å². The Bertz CT molecular complexity index is 566. The van der Waals surface area contributed by atoms with Crippen LogP contribution in [0.1, 0.15) is 16.2 Å². The fraction of sp³-hybridized carbons (Fsp3) is 0.182. The van der Waals surface area contributed by atoms with E-state index in [1.54, 1.807) is 29.9 Å². The summed E-state index contributed by atoms with van der Waals surface area (Å²) in [6.45, 7) is 0. The summed E-state index contributed by atoms with van der Waals surface area (Å²) in [6, 6.07) is 4.80. The second kappa shape index (κ2) is 4.85. The molecule has 0 spiro atoms. The normalized spacial score (nSPS) is 10.5. The molecule has 1 aromatic heterocycles. The Kier molecular flexibility index (Phi) is 3.45. The minimum absolute atomic E-state index is 0.131. The van der Waals surface area contributed by atoms with Crippen LogP contribution in [0, 0.1) is 0 Å². The molecule has 2 aromatic rings. The van der Waals surface area contributed by atoms with Crippen molar-refractivity contribution in [2.45, 2.75) is 6.42 Å². The fourth-order valence-electron chi connectivity index (χ4n) is 1.43. The predicted molar refractivity (Wildman–Crippen MR) is 65.5 cm³/mol. The highest BCUT2D eigenvalue weighted by Crippen LogP contribution is 2.21. The molecule has 0 aliphatic carbocycles. The lowest BCUT2D eigenvalue weighted by Gasteiger charge is -2.03. The van der Waals surface area contributed by atoms with Gasteiger partial charge in [0.15, 0.2) is 5.78 Å². The molecule has 0 saturated carbocycles. The van der Waals surface area contributed by atoms with Crippen LogP contribution in [0.5, 0.6) is 0 Å². The van der Waals surface area contributed by atoms with Crippen molar-refractivity contribution in [3.8, 4) is 0 Å². The zero-order chi connectivity index (χ0) is 12.4. The van der Waals surface area contributed by atoms with Crippen molar-refractivity contribution in [2.24, 2.45) is 7.05 Å². The monoisotopic (exact) mass is 269 g/mol. The third-order valence-electron chi connectivity index (χ3n) is 2.35. The molecule has 0 radical (unpaired) electrons. The molecule has 88 valence electrons. The zero-order valence-electron chi connectivity index (χ0n) is 9.02. The summed E-state index contributed by atoms with van der Waals surface area (Å²) < 4.78 is 1.55. The van der Waals surface area contributed by atoms with Crippen LogP contribution in [-0.2, 0) is 13.5 Å². The molecule has 0 fully saturated rings. The van der Waals surface area contributed by atoms with E-state index in [2.05, 4.69) is 10.1 Å². The van der Waals surface area contributed by atoms with E-state index in [4.69, 9.17) is 23.2 Å². The number of benzene rings is 1. The molecule has 0 aliphatic rings. The van der Waals surface area contributed by atoms with E-state index in [0.717, 1.165) is 0 Å². The molecule has 0 atom stereocenters. The number of halogens is 2. The van der Waals surface area contributed by atoms with Gasteiger partial charge in [-0.25, -0.2) is 4.98 Å². The van der Waals surface area contributed by atoms with Crippen LogP contribution < -0.4 is 0 Å². The van der Waals surface area contributed by atoms with Gasteiger partial charge in [0, 0.05) is 17.6 Å². The first kappa shape index (κ1) is 12.1. The largest absolute Gasteiger partial charge is 0.294 e. The van der Waals surface area contributed by atoms with Crippen molar-refractivity contribution in [3.05, 3.63) is 46.0 Å². The van der Waals surface area contributed by atoms with Gasteiger partial charge in [0.2, 0.25) is 0 Å². The van der Waals surface area contributed by atoms with Crippen molar-refractivity contribution < 1.29 is 4.79 Å². The zero-order valence-corrected chi connectivity index (χ0v) is 10.5. The highest BCUT2D eigenvalue weighted by atomic mass is 35.5. The molecule has 4 nitrogen and oxygen atoms in total. The number of ketones is 1. The lowest BCUT2D eigenvalue weighted by molar-refractivity contribution is 0.0990. The number of carbonyl (C=O) groups excluding carboxylic acids is 1. The number of hydrogen-bond acceptors (Lipinski definition) is 3. The Morgan fingerprint density at radius 3 is 2.82 bits per heavy atom. The number of hydrogen-bond donors (Lipinski definition) is 0. The van der Waals surface area contributed by atoms with Gasteiger partial charge in [-0.2, -0.15) is 5.10 Å². The Morgan fingerprint density at radius 1 is 1.41 bits per heavy atom. The molecule has 1 aromatic carbocycles. The van der Waals surface area contributed by atoms with Crippen molar-refractivity contribution in [1.82, 2.24) is 14.8 Å². The van der Waals surface area contributed by atoms with Gasteiger partial charge in [-0.3, -0.25) is 9.48 Å². The molecule has 2 rings (SSSR count). The van der Waals surface area contributed by atoms with Gasteiger partial charge >= 0.3 is 0 Å². The van der Waals surface area contributed by atoms with Crippen molar-refractivity contribution in [1.29, 1.82) is 0 Å². The molecule has 0 amide bonds. The number of aryl methyl sites for hydroxylation is 1. The van der Waals surface area contributed by atoms with Crippen LogP contribution in [0.4, 0.5) is 0 Å². The minimum atomic E-state index is -0.131. The summed E-state index contributed by atoms with van der Waals surface area (Å²) in [6.07, 6.45) is 1.55. The number of aromatic nitrogens is 3. The maximum absolute atomic E-state index is 12.0. The van der Waals surface area contributed by atoms with E-state index in [1.807, 2.05) is 0 Å². The Labute approximate surface area is 108 Å². The van der Waals surface area contributed by atoms with E-state index >= 15 is 0 Å². The van der Waals surface area contributed by atoms with Gasteiger partial charge in [0.25, 0.3) is 0 Å². The van der Waals surface area contributed by atoms with Crippen LogP contribution in [0.2, 0.25) is 10.0 Å². The van der Waals surface area contributed by atoms with Gasteiger partial charge in [-0.05, 0) is 18.2 Å². The molecule has 0 aliphatic heterocycles. The lowest BCUT2D eigenvalue weighted by atomic mass is 10.1.